The van der Waals surface area contributed by atoms with Gasteiger partial charge in [0.05, 0.1) is 0 Å². The molecule has 2 aromatic carbocycles. The molecule has 0 amide bonds. The number of hydrogen-bond donors (Lipinski definition) is 0. The number of benzene rings is 2. The Balaban J connectivity index is 1.99. The van der Waals surface area contributed by atoms with Crippen molar-refractivity contribution in [2.45, 2.75) is 20.0 Å². The Morgan fingerprint density at radius 1 is 1.00 bits per heavy atom. The molecule has 0 unspecified atom stereocenters. The molecule has 0 aliphatic carbocycles. The molecule has 0 radical (unpaired) electrons. The fourth-order valence-electron chi connectivity index (χ4n) is 1.60. The van der Waals surface area contributed by atoms with Gasteiger partial charge < -0.3 is 4.74 Å². The van der Waals surface area contributed by atoms with Crippen LogP contribution in [-0.2, 0) is 13.0 Å². The lowest BCUT2D eigenvalue weighted by atomic mass is 10.2. The summed E-state index contributed by atoms with van der Waals surface area (Å²) in [5, 5.41) is 0. The van der Waals surface area contributed by atoms with E-state index in [2.05, 4.69) is 13.0 Å². The highest BCUT2D eigenvalue weighted by atomic mass is 19.1. The van der Waals surface area contributed by atoms with E-state index in [9.17, 15) is 4.39 Å². The Hall–Kier alpha value is -1.83. The zero-order valence-electron chi connectivity index (χ0n) is 9.82. The Labute approximate surface area is 101 Å². The second-order valence-electron chi connectivity index (χ2n) is 3.92. The lowest BCUT2D eigenvalue weighted by Crippen LogP contribution is -1.95. The van der Waals surface area contributed by atoms with Crippen molar-refractivity contribution in [2.24, 2.45) is 0 Å². The van der Waals surface area contributed by atoms with Crippen LogP contribution in [0.25, 0.3) is 0 Å². The molecular weight excluding hydrogens is 215 g/mol. The molecule has 0 aromatic heterocycles. The quantitative estimate of drug-likeness (QED) is 0.772. The van der Waals surface area contributed by atoms with Gasteiger partial charge >= 0.3 is 0 Å². The molecule has 0 aliphatic heterocycles. The van der Waals surface area contributed by atoms with Crippen LogP contribution in [0, 0.1) is 5.82 Å². The third-order valence-corrected chi connectivity index (χ3v) is 2.63. The summed E-state index contributed by atoms with van der Waals surface area (Å²) >= 11 is 0. The van der Waals surface area contributed by atoms with Gasteiger partial charge in [0.15, 0.2) is 0 Å². The molecule has 0 saturated carbocycles. The van der Waals surface area contributed by atoms with Gasteiger partial charge in [0.2, 0.25) is 0 Å². The van der Waals surface area contributed by atoms with E-state index < -0.39 is 0 Å². The number of aryl methyl sites for hydroxylation is 1. The lowest BCUT2D eigenvalue weighted by Gasteiger charge is -2.07. The zero-order chi connectivity index (χ0) is 12.1. The van der Waals surface area contributed by atoms with Crippen molar-refractivity contribution in [1.82, 2.24) is 0 Å². The van der Waals surface area contributed by atoms with Gasteiger partial charge in [0, 0.05) is 0 Å². The summed E-state index contributed by atoms with van der Waals surface area (Å²) in [7, 11) is 0. The molecule has 1 nitrogen and oxygen atoms in total. The van der Waals surface area contributed by atoms with Crippen LogP contribution in [0.15, 0.2) is 48.5 Å². The maximum absolute atomic E-state index is 12.7. The number of rotatable bonds is 4. The minimum Gasteiger partial charge on any atom is -0.489 e. The van der Waals surface area contributed by atoms with E-state index in [0.717, 1.165) is 17.7 Å². The van der Waals surface area contributed by atoms with E-state index in [-0.39, 0.29) is 5.82 Å². The Morgan fingerprint density at radius 2 is 1.76 bits per heavy atom. The van der Waals surface area contributed by atoms with Crippen molar-refractivity contribution in [3.8, 4) is 5.75 Å². The molecule has 17 heavy (non-hydrogen) atoms. The van der Waals surface area contributed by atoms with E-state index in [1.165, 1.54) is 17.7 Å². The van der Waals surface area contributed by atoms with Gasteiger partial charge in [-0.3, -0.25) is 0 Å². The van der Waals surface area contributed by atoms with E-state index in [4.69, 9.17) is 4.74 Å². The molecule has 2 rings (SSSR count). The smallest absolute Gasteiger partial charge is 0.123 e. The molecule has 0 N–H and O–H groups in total. The van der Waals surface area contributed by atoms with Crippen molar-refractivity contribution >= 4 is 0 Å². The second kappa shape index (κ2) is 5.48. The first-order valence-electron chi connectivity index (χ1n) is 5.74. The maximum atomic E-state index is 12.7. The highest BCUT2D eigenvalue weighted by Gasteiger charge is 1.97. The predicted molar refractivity (Wildman–Crippen MR) is 66.6 cm³/mol. The zero-order valence-corrected chi connectivity index (χ0v) is 9.82. The first-order valence-corrected chi connectivity index (χ1v) is 5.74. The van der Waals surface area contributed by atoms with Gasteiger partial charge in [-0.1, -0.05) is 31.2 Å². The number of ether oxygens (including phenoxy) is 1. The average molecular weight is 230 g/mol. The molecule has 0 bridgehead atoms. The fraction of sp³-hybridized carbons (Fsp3) is 0.200. The largest absolute Gasteiger partial charge is 0.489 e. The van der Waals surface area contributed by atoms with Crippen LogP contribution in [-0.4, -0.2) is 0 Å². The van der Waals surface area contributed by atoms with E-state index in [1.807, 2.05) is 18.2 Å². The highest BCUT2D eigenvalue weighted by molar-refractivity contribution is 5.28. The van der Waals surface area contributed by atoms with Gasteiger partial charge in [-0.05, 0) is 41.8 Å². The van der Waals surface area contributed by atoms with Gasteiger partial charge in [-0.25, -0.2) is 4.39 Å². The van der Waals surface area contributed by atoms with Crippen LogP contribution in [0.3, 0.4) is 0 Å². The van der Waals surface area contributed by atoms with Crippen LogP contribution in [0.1, 0.15) is 18.1 Å². The van der Waals surface area contributed by atoms with Gasteiger partial charge in [-0.2, -0.15) is 0 Å². The molecule has 0 atom stereocenters. The van der Waals surface area contributed by atoms with E-state index in [0.29, 0.717) is 6.61 Å². The summed E-state index contributed by atoms with van der Waals surface area (Å²) in [4.78, 5) is 0. The molecule has 88 valence electrons. The van der Waals surface area contributed by atoms with Gasteiger partial charge in [0.1, 0.15) is 18.2 Å². The molecule has 2 aromatic rings. The normalized spacial score (nSPS) is 10.2. The SMILES string of the molecule is CCc1cccc(OCc2ccc(F)cc2)c1. The first-order chi connectivity index (χ1) is 8.28. The first kappa shape index (κ1) is 11.6. The minimum absolute atomic E-state index is 0.221. The summed E-state index contributed by atoms with van der Waals surface area (Å²) in [5.41, 5.74) is 2.22. The Bertz CT molecular complexity index is 477. The van der Waals surface area contributed by atoms with Crippen molar-refractivity contribution in [3.05, 3.63) is 65.5 Å². The van der Waals surface area contributed by atoms with Gasteiger partial charge in [-0.15, -0.1) is 0 Å². The third kappa shape index (κ3) is 3.31. The Kier molecular flexibility index (Phi) is 3.76. The minimum atomic E-state index is -0.221. The van der Waals surface area contributed by atoms with E-state index >= 15 is 0 Å². The van der Waals surface area contributed by atoms with Crippen LogP contribution in [0.4, 0.5) is 4.39 Å². The molecule has 0 saturated heterocycles. The summed E-state index contributed by atoms with van der Waals surface area (Å²) in [6.07, 6.45) is 0.994. The standard InChI is InChI=1S/C15H15FO/c1-2-12-4-3-5-15(10-12)17-11-13-6-8-14(16)9-7-13/h3-10H,2,11H2,1H3. The number of hydrogen-bond acceptors (Lipinski definition) is 1. The van der Waals surface area contributed by atoms with Gasteiger partial charge in [0.25, 0.3) is 0 Å². The molecule has 0 aliphatic rings. The predicted octanol–water partition coefficient (Wildman–Crippen LogP) is 3.97. The third-order valence-electron chi connectivity index (χ3n) is 2.63. The second-order valence-corrected chi connectivity index (χ2v) is 3.92. The summed E-state index contributed by atoms with van der Waals surface area (Å²) < 4.78 is 18.4. The van der Waals surface area contributed by atoms with E-state index in [1.54, 1.807) is 12.1 Å². The lowest BCUT2D eigenvalue weighted by molar-refractivity contribution is 0.306. The summed E-state index contributed by atoms with van der Waals surface area (Å²) in [5.74, 6) is 0.635. The van der Waals surface area contributed by atoms with Crippen LogP contribution in [0.2, 0.25) is 0 Å². The molecule has 0 spiro atoms. The number of halogens is 1. The average Bonchev–Trinajstić information content (AvgIpc) is 2.38. The molecular formula is C15H15FO. The van der Waals surface area contributed by atoms with Crippen LogP contribution in [0.5, 0.6) is 5.75 Å². The monoisotopic (exact) mass is 230 g/mol. The Morgan fingerprint density at radius 3 is 2.47 bits per heavy atom. The molecule has 2 heteroatoms. The maximum Gasteiger partial charge on any atom is 0.123 e. The molecule has 0 heterocycles. The highest BCUT2D eigenvalue weighted by Crippen LogP contribution is 2.15. The summed E-state index contributed by atoms with van der Waals surface area (Å²) in [6.45, 7) is 2.58. The fourth-order valence-corrected chi connectivity index (χ4v) is 1.60. The van der Waals surface area contributed by atoms with Crippen molar-refractivity contribution in [3.63, 3.8) is 0 Å². The van der Waals surface area contributed by atoms with Crippen molar-refractivity contribution < 1.29 is 9.13 Å². The molecule has 0 fully saturated rings. The van der Waals surface area contributed by atoms with Crippen LogP contribution < -0.4 is 4.74 Å². The van der Waals surface area contributed by atoms with Crippen molar-refractivity contribution in [2.75, 3.05) is 0 Å². The van der Waals surface area contributed by atoms with Crippen LogP contribution >= 0.6 is 0 Å². The topological polar surface area (TPSA) is 9.23 Å². The van der Waals surface area contributed by atoms with Crippen molar-refractivity contribution in [1.29, 1.82) is 0 Å². The summed E-state index contributed by atoms with van der Waals surface area (Å²) in [6, 6.07) is 14.4.